The van der Waals surface area contributed by atoms with Gasteiger partial charge in [0, 0.05) is 22.9 Å². The van der Waals surface area contributed by atoms with Crippen LogP contribution in [0.25, 0.3) is 33.5 Å². The van der Waals surface area contributed by atoms with E-state index in [2.05, 4.69) is 9.97 Å². The van der Waals surface area contributed by atoms with Crippen molar-refractivity contribution in [3.8, 4) is 33.5 Å². The van der Waals surface area contributed by atoms with Crippen LogP contribution in [0.3, 0.4) is 0 Å². The molecule has 0 atom stereocenters. The third-order valence-electron chi connectivity index (χ3n) is 5.11. The summed E-state index contributed by atoms with van der Waals surface area (Å²) in [6.45, 7) is 3.12. The topological polar surface area (TPSA) is 59.9 Å². The normalized spacial score (nSPS) is 10.6. The molecule has 0 aliphatic heterocycles. The molecule has 0 amide bonds. The van der Waals surface area contributed by atoms with Crippen LogP contribution >= 0.6 is 0 Å². The van der Waals surface area contributed by atoms with Gasteiger partial charge in [0.1, 0.15) is 6.33 Å². The number of nitrogens with zero attached hydrogens (tertiary/aromatic N) is 2. The molecule has 3 aromatic carbocycles. The van der Waals surface area contributed by atoms with E-state index in [4.69, 9.17) is 0 Å². The Labute approximate surface area is 175 Å². The van der Waals surface area contributed by atoms with Crippen LogP contribution in [0.5, 0.6) is 0 Å². The average Bonchev–Trinajstić information content (AvgIpc) is 2.79. The van der Waals surface area contributed by atoms with E-state index < -0.39 is 0 Å². The van der Waals surface area contributed by atoms with Gasteiger partial charge in [-0.25, -0.2) is 9.97 Å². The molecule has 0 bridgehead atoms. The number of carbonyl (C=O) groups excluding carboxylic acids is 2. The first-order valence-electron chi connectivity index (χ1n) is 9.67. The molecule has 0 fully saturated rings. The SMILES string of the molecule is CC(=O)c1ccc(-c2cccc(-c3ccc(C(C)=O)cc3)c2-c2ccncn2)cc1. The zero-order chi connectivity index (χ0) is 21.1. The molecule has 0 radical (unpaired) electrons. The Morgan fingerprint density at radius 2 is 1.17 bits per heavy atom. The van der Waals surface area contributed by atoms with Crippen molar-refractivity contribution < 1.29 is 9.59 Å². The fraction of sp³-hybridized carbons (Fsp3) is 0.0769. The van der Waals surface area contributed by atoms with Gasteiger partial charge >= 0.3 is 0 Å². The van der Waals surface area contributed by atoms with Crippen molar-refractivity contribution in [2.24, 2.45) is 0 Å². The van der Waals surface area contributed by atoms with E-state index in [1.165, 1.54) is 6.33 Å². The van der Waals surface area contributed by atoms with Gasteiger partial charge in [-0.15, -0.1) is 0 Å². The number of hydrogen-bond donors (Lipinski definition) is 0. The van der Waals surface area contributed by atoms with E-state index in [0.29, 0.717) is 11.1 Å². The summed E-state index contributed by atoms with van der Waals surface area (Å²) < 4.78 is 0. The molecule has 0 unspecified atom stereocenters. The summed E-state index contributed by atoms with van der Waals surface area (Å²) >= 11 is 0. The van der Waals surface area contributed by atoms with Gasteiger partial charge in [0.25, 0.3) is 0 Å². The van der Waals surface area contributed by atoms with Crippen LogP contribution in [0.1, 0.15) is 34.6 Å². The molecule has 146 valence electrons. The van der Waals surface area contributed by atoms with Crippen LogP contribution in [0.15, 0.2) is 85.3 Å². The van der Waals surface area contributed by atoms with E-state index in [1.807, 2.05) is 72.8 Å². The zero-order valence-corrected chi connectivity index (χ0v) is 16.8. The van der Waals surface area contributed by atoms with Gasteiger partial charge in [-0.1, -0.05) is 66.7 Å². The standard InChI is InChI=1S/C26H20N2O2/c1-17(29)19-6-10-21(11-7-19)23-4-3-5-24(26(23)25-14-15-27-16-28-25)22-12-8-20(9-13-22)18(2)30/h3-16H,1-2H3. The maximum atomic E-state index is 11.7. The molecule has 4 aromatic rings. The lowest BCUT2D eigenvalue weighted by Crippen LogP contribution is -1.95. The number of aromatic nitrogens is 2. The Balaban J connectivity index is 1.92. The number of carbonyl (C=O) groups is 2. The minimum absolute atomic E-state index is 0.0388. The van der Waals surface area contributed by atoms with Crippen LogP contribution in [0.2, 0.25) is 0 Å². The summed E-state index contributed by atoms with van der Waals surface area (Å²) in [6.07, 6.45) is 3.26. The smallest absolute Gasteiger partial charge is 0.159 e. The second-order valence-corrected chi connectivity index (χ2v) is 7.09. The molecule has 4 heteroatoms. The molecule has 0 aliphatic rings. The molecule has 1 aromatic heterocycles. The largest absolute Gasteiger partial charge is 0.295 e. The Morgan fingerprint density at radius 3 is 1.57 bits per heavy atom. The Morgan fingerprint density at radius 1 is 0.667 bits per heavy atom. The maximum Gasteiger partial charge on any atom is 0.159 e. The van der Waals surface area contributed by atoms with Gasteiger partial charge in [0.05, 0.1) is 5.69 Å². The van der Waals surface area contributed by atoms with Crippen molar-refractivity contribution in [2.75, 3.05) is 0 Å². The van der Waals surface area contributed by atoms with Crippen molar-refractivity contribution in [1.29, 1.82) is 0 Å². The molecule has 0 N–H and O–H groups in total. The average molecular weight is 392 g/mol. The van der Waals surface area contributed by atoms with E-state index in [9.17, 15) is 9.59 Å². The molecular formula is C26H20N2O2. The van der Waals surface area contributed by atoms with Crippen LogP contribution in [-0.2, 0) is 0 Å². The summed E-state index contributed by atoms with van der Waals surface area (Å²) in [5.74, 6) is 0.0776. The molecule has 0 aliphatic carbocycles. The van der Waals surface area contributed by atoms with Gasteiger partial charge in [0.15, 0.2) is 11.6 Å². The number of hydrogen-bond acceptors (Lipinski definition) is 4. The van der Waals surface area contributed by atoms with E-state index in [1.54, 1.807) is 20.0 Å². The van der Waals surface area contributed by atoms with Gasteiger partial charge in [-0.05, 0) is 42.2 Å². The predicted molar refractivity (Wildman–Crippen MR) is 118 cm³/mol. The maximum absolute atomic E-state index is 11.7. The summed E-state index contributed by atoms with van der Waals surface area (Å²) in [5.41, 5.74) is 7.16. The summed E-state index contributed by atoms with van der Waals surface area (Å²) in [7, 11) is 0. The van der Waals surface area contributed by atoms with Crippen LogP contribution in [0.4, 0.5) is 0 Å². The highest BCUT2D eigenvalue weighted by molar-refractivity contribution is 5.97. The molecule has 0 spiro atoms. The highest BCUT2D eigenvalue weighted by Crippen LogP contribution is 2.39. The van der Waals surface area contributed by atoms with Crippen LogP contribution in [-0.4, -0.2) is 21.5 Å². The van der Waals surface area contributed by atoms with Crippen molar-refractivity contribution in [3.63, 3.8) is 0 Å². The monoisotopic (exact) mass is 392 g/mol. The minimum Gasteiger partial charge on any atom is -0.295 e. The highest BCUT2D eigenvalue weighted by Gasteiger charge is 2.15. The zero-order valence-electron chi connectivity index (χ0n) is 16.8. The molecule has 0 saturated carbocycles. The van der Waals surface area contributed by atoms with Gasteiger partial charge in [0.2, 0.25) is 0 Å². The lowest BCUT2D eigenvalue weighted by Gasteiger charge is -2.16. The fourth-order valence-corrected chi connectivity index (χ4v) is 3.52. The number of ketones is 2. The molecule has 4 rings (SSSR count). The molecule has 1 heterocycles. The molecule has 0 saturated heterocycles. The Kier molecular flexibility index (Phi) is 5.31. The summed E-state index contributed by atoms with van der Waals surface area (Å²) in [4.78, 5) is 31.9. The van der Waals surface area contributed by atoms with Gasteiger partial charge in [-0.2, -0.15) is 0 Å². The quantitative estimate of drug-likeness (QED) is 0.398. The second-order valence-electron chi connectivity index (χ2n) is 7.09. The molecule has 4 nitrogen and oxygen atoms in total. The summed E-state index contributed by atoms with van der Waals surface area (Å²) in [5, 5.41) is 0. The van der Waals surface area contributed by atoms with Crippen molar-refractivity contribution >= 4 is 11.6 Å². The number of rotatable bonds is 5. The lowest BCUT2D eigenvalue weighted by molar-refractivity contribution is 0.100. The van der Waals surface area contributed by atoms with Crippen molar-refractivity contribution in [2.45, 2.75) is 13.8 Å². The number of benzene rings is 3. The lowest BCUT2D eigenvalue weighted by atomic mass is 9.89. The second kappa shape index (κ2) is 8.21. The van der Waals surface area contributed by atoms with Crippen LogP contribution < -0.4 is 0 Å². The van der Waals surface area contributed by atoms with Crippen LogP contribution in [0, 0.1) is 0 Å². The fourth-order valence-electron chi connectivity index (χ4n) is 3.52. The van der Waals surface area contributed by atoms with Crippen molar-refractivity contribution in [1.82, 2.24) is 9.97 Å². The van der Waals surface area contributed by atoms with Gasteiger partial charge < -0.3 is 0 Å². The molecular weight excluding hydrogens is 372 g/mol. The first-order valence-corrected chi connectivity index (χ1v) is 9.67. The number of Topliss-reactive ketones (excluding diaryl/α,β-unsaturated/α-hetero) is 2. The Bertz CT molecular complexity index is 1140. The third kappa shape index (κ3) is 3.80. The van der Waals surface area contributed by atoms with Crippen molar-refractivity contribution in [3.05, 3.63) is 96.4 Å². The van der Waals surface area contributed by atoms with Gasteiger partial charge in [-0.3, -0.25) is 9.59 Å². The predicted octanol–water partition coefficient (Wildman–Crippen LogP) is 5.88. The first-order chi connectivity index (χ1) is 14.5. The minimum atomic E-state index is 0.0388. The Hall–Kier alpha value is -3.92. The first kappa shape index (κ1) is 19.4. The van der Waals surface area contributed by atoms with E-state index >= 15 is 0 Å². The van der Waals surface area contributed by atoms with E-state index in [0.717, 1.165) is 33.5 Å². The summed E-state index contributed by atoms with van der Waals surface area (Å²) in [6, 6.07) is 23.2. The highest BCUT2D eigenvalue weighted by atomic mass is 16.1. The third-order valence-corrected chi connectivity index (χ3v) is 5.11. The van der Waals surface area contributed by atoms with E-state index in [-0.39, 0.29) is 11.6 Å². The molecule has 30 heavy (non-hydrogen) atoms.